The summed E-state index contributed by atoms with van der Waals surface area (Å²) in [6, 6.07) is 1.65. The third-order valence-electron chi connectivity index (χ3n) is 4.91. The van der Waals surface area contributed by atoms with Crippen LogP contribution in [-0.4, -0.2) is 44.7 Å². The van der Waals surface area contributed by atoms with E-state index >= 15 is 0 Å². The summed E-state index contributed by atoms with van der Waals surface area (Å²) in [4.78, 5) is 29.5. The number of nitrogens with zero attached hydrogens (tertiary/aromatic N) is 3. The molecular formula is C15H21N3O3. The fourth-order valence-electron chi connectivity index (χ4n) is 3.72. The van der Waals surface area contributed by atoms with Crippen molar-refractivity contribution >= 4 is 5.91 Å². The summed E-state index contributed by atoms with van der Waals surface area (Å²) in [6.07, 6.45) is 7.48. The number of carbonyl (C=O) groups excluding carboxylic acids is 1. The minimum atomic E-state index is -0.404. The molecule has 0 aromatic carbocycles. The third-order valence-corrected chi connectivity index (χ3v) is 4.91. The molecule has 2 fully saturated rings. The van der Waals surface area contributed by atoms with Gasteiger partial charge in [0.2, 0.25) is 5.91 Å². The number of amides is 1. The molecule has 2 aliphatic rings. The van der Waals surface area contributed by atoms with Gasteiger partial charge in [-0.3, -0.25) is 9.36 Å². The van der Waals surface area contributed by atoms with Gasteiger partial charge in [0, 0.05) is 30.9 Å². The first-order chi connectivity index (χ1) is 10.1. The fourth-order valence-corrected chi connectivity index (χ4v) is 3.72. The number of aliphatic hydroxyl groups is 1. The first-order valence-electron chi connectivity index (χ1n) is 7.58. The van der Waals surface area contributed by atoms with E-state index in [9.17, 15) is 14.7 Å². The Morgan fingerprint density at radius 2 is 2.24 bits per heavy atom. The number of hydrogen-bond donors (Lipinski definition) is 1. The van der Waals surface area contributed by atoms with E-state index in [2.05, 4.69) is 4.98 Å². The highest BCUT2D eigenvalue weighted by Crippen LogP contribution is 2.44. The average Bonchev–Trinajstić information content (AvgIpc) is 2.82. The molecule has 21 heavy (non-hydrogen) atoms. The smallest absolute Gasteiger partial charge is 0.347 e. The molecule has 1 aromatic heterocycles. The molecule has 6 heteroatoms. The number of aromatic nitrogens is 2. The van der Waals surface area contributed by atoms with E-state index in [1.807, 2.05) is 0 Å². The second-order valence-corrected chi connectivity index (χ2v) is 6.22. The molecule has 1 spiro atoms. The summed E-state index contributed by atoms with van der Waals surface area (Å²) in [5.74, 6) is -0.0664. The van der Waals surface area contributed by atoms with Gasteiger partial charge in [-0.2, -0.15) is 0 Å². The molecule has 1 amide bonds. The molecule has 2 atom stereocenters. The van der Waals surface area contributed by atoms with E-state index < -0.39 is 5.69 Å². The predicted octanol–water partition coefficient (Wildman–Crippen LogP) is 0.397. The van der Waals surface area contributed by atoms with Crippen molar-refractivity contribution in [3.63, 3.8) is 0 Å². The largest absolute Gasteiger partial charge is 0.392 e. The van der Waals surface area contributed by atoms with Crippen molar-refractivity contribution in [2.24, 2.45) is 5.41 Å². The van der Waals surface area contributed by atoms with E-state index in [4.69, 9.17) is 0 Å². The second kappa shape index (κ2) is 5.60. The number of piperidine rings is 1. The summed E-state index contributed by atoms with van der Waals surface area (Å²) >= 11 is 0. The van der Waals surface area contributed by atoms with Gasteiger partial charge in [0.25, 0.3) is 0 Å². The summed E-state index contributed by atoms with van der Waals surface area (Å²) in [5, 5.41) is 10.2. The molecular weight excluding hydrogens is 270 g/mol. The van der Waals surface area contributed by atoms with Crippen LogP contribution in [0.25, 0.3) is 0 Å². The minimum absolute atomic E-state index is 0.0266. The van der Waals surface area contributed by atoms with Crippen molar-refractivity contribution in [1.82, 2.24) is 14.5 Å². The Balaban J connectivity index is 1.70. The van der Waals surface area contributed by atoms with Gasteiger partial charge in [-0.25, -0.2) is 9.78 Å². The van der Waals surface area contributed by atoms with Crippen LogP contribution in [0, 0.1) is 5.41 Å². The number of aliphatic hydroxyl groups excluding tert-OH is 1. The second-order valence-electron chi connectivity index (χ2n) is 6.22. The molecule has 6 nitrogen and oxygen atoms in total. The maximum Gasteiger partial charge on any atom is 0.347 e. The van der Waals surface area contributed by atoms with Crippen LogP contribution >= 0.6 is 0 Å². The first kappa shape index (κ1) is 14.3. The third kappa shape index (κ3) is 2.72. The zero-order valence-corrected chi connectivity index (χ0v) is 12.1. The fraction of sp³-hybridized carbons (Fsp3) is 0.667. The van der Waals surface area contributed by atoms with Crippen LogP contribution in [0.5, 0.6) is 0 Å². The summed E-state index contributed by atoms with van der Waals surface area (Å²) in [7, 11) is 0. The van der Waals surface area contributed by atoms with E-state index in [1.54, 1.807) is 17.2 Å². The summed E-state index contributed by atoms with van der Waals surface area (Å²) < 4.78 is 1.33. The molecule has 1 aliphatic carbocycles. The maximum absolute atomic E-state index is 12.4. The Hall–Kier alpha value is -1.69. The van der Waals surface area contributed by atoms with Crippen LogP contribution in [-0.2, 0) is 11.3 Å². The standard InChI is InChI=1S/C15H21N3O3/c19-12-4-1-5-15(12)6-2-8-18(11-15)13(20)10-17-9-3-7-16-14(17)21/h3,7,9,12,19H,1-2,4-6,8,10-11H2/t12-,15+/m1/s1. The SMILES string of the molecule is O=C(Cn1cccnc1=O)N1CCC[C@@]2(CCC[C@H]2O)C1. The van der Waals surface area contributed by atoms with Crippen LogP contribution in [0.3, 0.4) is 0 Å². The van der Waals surface area contributed by atoms with E-state index in [-0.39, 0.29) is 24.0 Å². The van der Waals surface area contributed by atoms with Gasteiger partial charge < -0.3 is 10.0 Å². The van der Waals surface area contributed by atoms with Crippen molar-refractivity contribution in [3.05, 3.63) is 28.9 Å². The van der Waals surface area contributed by atoms with Gasteiger partial charge in [-0.15, -0.1) is 0 Å². The van der Waals surface area contributed by atoms with Gasteiger partial charge in [0.15, 0.2) is 0 Å². The molecule has 1 saturated carbocycles. The first-order valence-corrected chi connectivity index (χ1v) is 7.58. The van der Waals surface area contributed by atoms with Crippen LogP contribution < -0.4 is 5.69 Å². The molecule has 0 unspecified atom stereocenters. The summed E-state index contributed by atoms with van der Waals surface area (Å²) in [6.45, 7) is 1.35. The Kier molecular flexibility index (Phi) is 3.80. The van der Waals surface area contributed by atoms with E-state index in [0.29, 0.717) is 13.1 Å². The van der Waals surface area contributed by atoms with Crippen molar-refractivity contribution in [1.29, 1.82) is 0 Å². The van der Waals surface area contributed by atoms with Gasteiger partial charge in [0.1, 0.15) is 6.54 Å². The lowest BCUT2D eigenvalue weighted by atomic mass is 9.76. The highest BCUT2D eigenvalue weighted by molar-refractivity contribution is 5.76. The van der Waals surface area contributed by atoms with Gasteiger partial charge in [0.05, 0.1) is 6.10 Å². The lowest BCUT2D eigenvalue weighted by Gasteiger charge is -2.42. The Bertz CT molecular complexity index is 586. The molecule has 1 aliphatic heterocycles. The van der Waals surface area contributed by atoms with Gasteiger partial charge >= 0.3 is 5.69 Å². The predicted molar refractivity (Wildman–Crippen MR) is 76.6 cm³/mol. The normalized spacial score (nSPS) is 29.0. The van der Waals surface area contributed by atoms with Crippen molar-refractivity contribution in [3.8, 4) is 0 Å². The lowest BCUT2D eigenvalue weighted by Crippen LogP contribution is -2.50. The molecule has 3 rings (SSSR count). The highest BCUT2D eigenvalue weighted by atomic mass is 16.3. The molecule has 1 saturated heterocycles. The highest BCUT2D eigenvalue weighted by Gasteiger charge is 2.45. The Labute approximate surface area is 123 Å². The van der Waals surface area contributed by atoms with Crippen molar-refractivity contribution in [2.45, 2.75) is 44.8 Å². The quantitative estimate of drug-likeness (QED) is 0.855. The van der Waals surface area contributed by atoms with Crippen molar-refractivity contribution in [2.75, 3.05) is 13.1 Å². The number of hydrogen-bond acceptors (Lipinski definition) is 4. The average molecular weight is 291 g/mol. The Morgan fingerprint density at radius 3 is 2.95 bits per heavy atom. The topological polar surface area (TPSA) is 75.4 Å². The molecule has 114 valence electrons. The van der Waals surface area contributed by atoms with E-state index in [1.165, 1.54) is 10.8 Å². The molecule has 0 bridgehead atoms. The number of carbonyl (C=O) groups is 1. The monoisotopic (exact) mass is 291 g/mol. The van der Waals surface area contributed by atoms with E-state index in [0.717, 1.165) is 32.1 Å². The molecule has 2 heterocycles. The Morgan fingerprint density at radius 1 is 1.43 bits per heavy atom. The number of rotatable bonds is 2. The van der Waals surface area contributed by atoms with Gasteiger partial charge in [-0.1, -0.05) is 6.42 Å². The van der Waals surface area contributed by atoms with Crippen LogP contribution in [0.15, 0.2) is 23.3 Å². The van der Waals surface area contributed by atoms with Crippen molar-refractivity contribution < 1.29 is 9.90 Å². The zero-order valence-electron chi connectivity index (χ0n) is 12.1. The molecule has 1 aromatic rings. The maximum atomic E-state index is 12.4. The number of likely N-dealkylation sites (tertiary alicyclic amines) is 1. The molecule has 0 radical (unpaired) electrons. The summed E-state index contributed by atoms with van der Waals surface area (Å²) in [5.41, 5.74) is -0.521. The minimum Gasteiger partial charge on any atom is -0.392 e. The van der Waals surface area contributed by atoms with Gasteiger partial charge in [-0.05, 0) is 31.7 Å². The molecule has 1 N–H and O–H groups in total. The lowest BCUT2D eigenvalue weighted by molar-refractivity contribution is -0.137. The van der Waals surface area contributed by atoms with Crippen LogP contribution in [0.2, 0.25) is 0 Å². The zero-order chi connectivity index (χ0) is 14.9. The van der Waals surface area contributed by atoms with Crippen LogP contribution in [0.1, 0.15) is 32.1 Å². The van der Waals surface area contributed by atoms with Crippen LogP contribution in [0.4, 0.5) is 0 Å².